The highest BCUT2D eigenvalue weighted by Gasteiger charge is 2.07. The number of benzene rings is 1. The van der Waals surface area contributed by atoms with Gasteiger partial charge in [0.2, 0.25) is 0 Å². The maximum absolute atomic E-state index is 10.7. The Hall–Kier alpha value is -1.22. The number of alkyl halides is 1. The van der Waals surface area contributed by atoms with E-state index in [1.54, 1.807) is 18.2 Å². The molecule has 0 aliphatic rings. The second-order valence-electron chi connectivity index (χ2n) is 2.67. The van der Waals surface area contributed by atoms with Gasteiger partial charge in [0.05, 0.1) is 5.56 Å². The monoisotopic (exact) mass is 199 g/mol. The van der Waals surface area contributed by atoms with Gasteiger partial charge in [-0.2, -0.15) is 0 Å². The summed E-state index contributed by atoms with van der Waals surface area (Å²) in [5.74, 6) is -0.530. The van der Waals surface area contributed by atoms with Crippen LogP contribution in [-0.2, 0) is 6.42 Å². The summed E-state index contributed by atoms with van der Waals surface area (Å²) in [5.41, 5.74) is 6.79. The Kier molecular flexibility index (Phi) is 3.14. The Bertz CT molecular complexity index is 325. The third kappa shape index (κ3) is 2.36. The van der Waals surface area contributed by atoms with Crippen molar-refractivity contribution in [2.45, 2.75) is 6.42 Å². The largest absolute Gasteiger partial charge is 0.478 e. The van der Waals surface area contributed by atoms with Gasteiger partial charge in [0, 0.05) is 11.6 Å². The van der Waals surface area contributed by atoms with Crippen molar-refractivity contribution in [3.8, 4) is 0 Å². The Labute approximate surface area is 81.1 Å². The summed E-state index contributed by atoms with van der Waals surface area (Å²) >= 11 is 5.53. The predicted molar refractivity (Wildman–Crippen MR) is 52.2 cm³/mol. The number of halogens is 1. The summed E-state index contributed by atoms with van der Waals surface area (Å²) in [7, 11) is 0. The summed E-state index contributed by atoms with van der Waals surface area (Å²) in [6.45, 7) is 0. The molecule has 0 heterocycles. The maximum atomic E-state index is 10.7. The van der Waals surface area contributed by atoms with Gasteiger partial charge in [-0.1, -0.05) is 6.07 Å². The number of nitrogens with two attached hydrogens (primary N) is 1. The van der Waals surface area contributed by atoms with Gasteiger partial charge in [0.15, 0.2) is 0 Å². The topological polar surface area (TPSA) is 63.3 Å². The molecular weight excluding hydrogens is 190 g/mol. The number of hydrogen-bond donors (Lipinski definition) is 2. The molecule has 4 heteroatoms. The third-order valence-corrected chi connectivity index (χ3v) is 1.92. The zero-order chi connectivity index (χ0) is 9.84. The quantitative estimate of drug-likeness (QED) is 0.576. The number of carbonyl (C=O) groups is 1. The lowest BCUT2D eigenvalue weighted by molar-refractivity contribution is 0.0698. The highest BCUT2D eigenvalue weighted by Crippen LogP contribution is 2.14. The van der Waals surface area contributed by atoms with Gasteiger partial charge in [0.25, 0.3) is 0 Å². The molecule has 0 atom stereocenters. The lowest BCUT2D eigenvalue weighted by atomic mass is 10.1. The van der Waals surface area contributed by atoms with Gasteiger partial charge in [-0.3, -0.25) is 0 Å². The molecule has 1 aromatic rings. The van der Waals surface area contributed by atoms with E-state index in [-0.39, 0.29) is 11.3 Å². The minimum absolute atomic E-state index is 0.141. The van der Waals surface area contributed by atoms with E-state index < -0.39 is 5.97 Å². The molecule has 0 fully saturated rings. The summed E-state index contributed by atoms with van der Waals surface area (Å²) in [6, 6.07) is 4.93. The summed E-state index contributed by atoms with van der Waals surface area (Å²) < 4.78 is 0. The molecule has 3 N–H and O–H groups in total. The first kappa shape index (κ1) is 9.86. The fraction of sp³-hybridized carbons (Fsp3) is 0.222. The molecule has 1 aromatic carbocycles. The normalized spacial score (nSPS) is 9.92. The SMILES string of the molecule is Nc1ccc(CCCl)cc1C(=O)O. The number of carboxylic acids is 1. The molecule has 0 unspecified atom stereocenters. The van der Waals surface area contributed by atoms with Gasteiger partial charge in [-0.25, -0.2) is 4.79 Å². The van der Waals surface area contributed by atoms with Crippen LogP contribution in [0, 0.1) is 0 Å². The molecule has 0 aliphatic carbocycles. The molecule has 1 rings (SSSR count). The highest BCUT2D eigenvalue weighted by atomic mass is 35.5. The molecule has 0 saturated heterocycles. The van der Waals surface area contributed by atoms with Crippen LogP contribution in [0.15, 0.2) is 18.2 Å². The van der Waals surface area contributed by atoms with Crippen LogP contribution in [0.3, 0.4) is 0 Å². The second-order valence-corrected chi connectivity index (χ2v) is 3.04. The van der Waals surface area contributed by atoms with E-state index in [0.29, 0.717) is 12.3 Å². The molecule has 0 aromatic heterocycles. The summed E-state index contributed by atoms with van der Waals surface area (Å²) in [6.07, 6.45) is 0.655. The van der Waals surface area contributed by atoms with Crippen LogP contribution < -0.4 is 5.73 Å². The number of nitrogen functional groups attached to an aromatic ring is 1. The van der Waals surface area contributed by atoms with Crippen LogP contribution in [-0.4, -0.2) is 17.0 Å². The van der Waals surface area contributed by atoms with Crippen molar-refractivity contribution in [2.24, 2.45) is 0 Å². The van der Waals surface area contributed by atoms with E-state index >= 15 is 0 Å². The fourth-order valence-corrected chi connectivity index (χ4v) is 1.27. The average Bonchev–Trinajstić information content (AvgIpc) is 2.08. The van der Waals surface area contributed by atoms with Crippen LogP contribution in [0.4, 0.5) is 5.69 Å². The highest BCUT2D eigenvalue weighted by molar-refractivity contribution is 6.18. The van der Waals surface area contributed by atoms with Crippen LogP contribution in [0.25, 0.3) is 0 Å². The number of aryl methyl sites for hydroxylation is 1. The van der Waals surface area contributed by atoms with Gasteiger partial charge >= 0.3 is 5.97 Å². The van der Waals surface area contributed by atoms with E-state index in [1.165, 1.54) is 0 Å². The zero-order valence-electron chi connectivity index (χ0n) is 6.96. The van der Waals surface area contributed by atoms with Crippen LogP contribution in [0.5, 0.6) is 0 Å². The molecule has 0 radical (unpaired) electrons. The summed E-state index contributed by atoms with van der Waals surface area (Å²) in [4.78, 5) is 10.7. The Balaban J connectivity index is 3.04. The van der Waals surface area contributed by atoms with E-state index in [1.807, 2.05) is 0 Å². The second kappa shape index (κ2) is 4.14. The van der Waals surface area contributed by atoms with Gasteiger partial charge in [-0.15, -0.1) is 11.6 Å². The van der Waals surface area contributed by atoms with Crippen molar-refractivity contribution in [1.82, 2.24) is 0 Å². The lowest BCUT2D eigenvalue weighted by Crippen LogP contribution is -2.03. The minimum Gasteiger partial charge on any atom is -0.478 e. The zero-order valence-corrected chi connectivity index (χ0v) is 7.71. The van der Waals surface area contributed by atoms with Crippen LogP contribution in [0.1, 0.15) is 15.9 Å². The molecule has 0 bridgehead atoms. The van der Waals surface area contributed by atoms with E-state index in [2.05, 4.69) is 0 Å². The van der Waals surface area contributed by atoms with Crippen molar-refractivity contribution < 1.29 is 9.90 Å². The smallest absolute Gasteiger partial charge is 0.337 e. The average molecular weight is 200 g/mol. The first-order valence-corrected chi connectivity index (χ1v) is 4.36. The van der Waals surface area contributed by atoms with Crippen LogP contribution in [0.2, 0.25) is 0 Å². The Morgan fingerprint density at radius 2 is 2.23 bits per heavy atom. The van der Waals surface area contributed by atoms with E-state index in [4.69, 9.17) is 22.4 Å². The Morgan fingerprint density at radius 1 is 1.54 bits per heavy atom. The van der Waals surface area contributed by atoms with Crippen molar-refractivity contribution in [3.05, 3.63) is 29.3 Å². The standard InChI is InChI=1S/C9H10ClNO2/c10-4-3-6-1-2-8(11)7(5-6)9(12)13/h1-2,5H,3-4,11H2,(H,12,13). The third-order valence-electron chi connectivity index (χ3n) is 1.73. The van der Waals surface area contributed by atoms with Crippen molar-refractivity contribution in [3.63, 3.8) is 0 Å². The molecule has 13 heavy (non-hydrogen) atoms. The lowest BCUT2D eigenvalue weighted by Gasteiger charge is -2.03. The van der Waals surface area contributed by atoms with Gasteiger partial charge < -0.3 is 10.8 Å². The first-order chi connectivity index (χ1) is 6.15. The molecular formula is C9H10ClNO2. The predicted octanol–water partition coefficient (Wildman–Crippen LogP) is 1.75. The molecule has 0 spiro atoms. The van der Waals surface area contributed by atoms with Gasteiger partial charge in [0.1, 0.15) is 0 Å². The minimum atomic E-state index is -1.01. The molecule has 0 amide bonds. The number of hydrogen-bond acceptors (Lipinski definition) is 2. The van der Waals surface area contributed by atoms with Crippen LogP contribution >= 0.6 is 11.6 Å². The van der Waals surface area contributed by atoms with Crippen molar-refractivity contribution >= 4 is 23.3 Å². The number of anilines is 1. The van der Waals surface area contributed by atoms with Crippen molar-refractivity contribution in [2.75, 3.05) is 11.6 Å². The number of aromatic carboxylic acids is 1. The fourth-order valence-electron chi connectivity index (χ4n) is 1.05. The molecule has 0 aliphatic heterocycles. The number of carboxylic acid groups (broad SMARTS) is 1. The number of rotatable bonds is 3. The molecule has 70 valence electrons. The van der Waals surface area contributed by atoms with Gasteiger partial charge in [-0.05, 0) is 24.1 Å². The van der Waals surface area contributed by atoms with E-state index in [9.17, 15) is 4.79 Å². The maximum Gasteiger partial charge on any atom is 0.337 e. The van der Waals surface area contributed by atoms with E-state index in [0.717, 1.165) is 5.56 Å². The Morgan fingerprint density at radius 3 is 2.77 bits per heavy atom. The summed E-state index contributed by atoms with van der Waals surface area (Å²) in [5, 5.41) is 8.75. The van der Waals surface area contributed by atoms with Crippen molar-refractivity contribution in [1.29, 1.82) is 0 Å². The molecule has 0 saturated carbocycles. The first-order valence-electron chi connectivity index (χ1n) is 3.83. The molecule has 3 nitrogen and oxygen atoms in total.